The first-order chi connectivity index (χ1) is 12.6. The summed E-state index contributed by atoms with van der Waals surface area (Å²) in [5, 5.41) is 10.7. The number of amides is 1. The van der Waals surface area contributed by atoms with Crippen LogP contribution in [0.2, 0.25) is 0 Å². The van der Waals surface area contributed by atoms with Crippen LogP contribution in [0.1, 0.15) is 22.5 Å². The van der Waals surface area contributed by atoms with Crippen LogP contribution < -0.4 is 4.74 Å². The van der Waals surface area contributed by atoms with Gasteiger partial charge in [0.1, 0.15) is 10.7 Å². The zero-order valence-electron chi connectivity index (χ0n) is 14.6. The van der Waals surface area contributed by atoms with E-state index in [2.05, 4.69) is 4.90 Å². The molecule has 8 nitrogen and oxygen atoms in total. The van der Waals surface area contributed by atoms with Crippen molar-refractivity contribution in [2.24, 2.45) is 0 Å². The maximum Gasteiger partial charge on any atom is 0.433 e. The summed E-state index contributed by atoms with van der Waals surface area (Å²) in [4.78, 5) is 26.5. The van der Waals surface area contributed by atoms with Crippen LogP contribution in [0.5, 0.6) is 5.75 Å². The molecule has 1 fully saturated rings. The monoisotopic (exact) mass is 359 g/mol. The van der Waals surface area contributed by atoms with Crippen LogP contribution >= 0.6 is 0 Å². The third-order valence-electron chi connectivity index (χ3n) is 4.42. The third kappa shape index (κ3) is 4.20. The minimum atomic E-state index is -0.643. The standard InChI is InChI=1S/C18H21N3O5/c1-25-15-5-3-14(4-6-15)13-19-9-2-10-20(12-11-19)18(22)16-7-8-17(26-16)21(23)24/h3-8H,2,9-13H2,1H3. The highest BCUT2D eigenvalue weighted by atomic mass is 16.6. The van der Waals surface area contributed by atoms with Gasteiger partial charge in [-0.15, -0.1) is 0 Å². The summed E-state index contributed by atoms with van der Waals surface area (Å²) >= 11 is 0. The molecule has 1 saturated heterocycles. The zero-order valence-corrected chi connectivity index (χ0v) is 14.6. The number of hydrogen-bond donors (Lipinski definition) is 0. The van der Waals surface area contributed by atoms with Crippen LogP contribution in [-0.4, -0.2) is 53.9 Å². The fraction of sp³-hybridized carbons (Fsp3) is 0.389. The second kappa shape index (κ2) is 8.01. The smallest absolute Gasteiger partial charge is 0.433 e. The van der Waals surface area contributed by atoms with Gasteiger partial charge in [0.15, 0.2) is 5.76 Å². The quantitative estimate of drug-likeness (QED) is 0.602. The molecule has 26 heavy (non-hydrogen) atoms. The predicted molar refractivity (Wildman–Crippen MR) is 94.2 cm³/mol. The molecule has 1 aromatic heterocycles. The van der Waals surface area contributed by atoms with E-state index in [4.69, 9.17) is 9.15 Å². The lowest BCUT2D eigenvalue weighted by atomic mass is 10.2. The first-order valence-electron chi connectivity index (χ1n) is 8.45. The molecule has 2 aromatic rings. The van der Waals surface area contributed by atoms with E-state index in [9.17, 15) is 14.9 Å². The molecule has 0 bridgehead atoms. The van der Waals surface area contributed by atoms with Crippen molar-refractivity contribution in [3.05, 3.63) is 57.8 Å². The van der Waals surface area contributed by atoms with E-state index in [0.717, 1.165) is 31.8 Å². The van der Waals surface area contributed by atoms with Crippen molar-refractivity contribution in [3.8, 4) is 5.75 Å². The minimum absolute atomic E-state index is 0.0142. The van der Waals surface area contributed by atoms with Crippen molar-refractivity contribution < 1.29 is 18.9 Å². The van der Waals surface area contributed by atoms with Gasteiger partial charge in [-0.1, -0.05) is 12.1 Å². The Labute approximate surface area is 151 Å². The van der Waals surface area contributed by atoms with E-state index in [1.807, 2.05) is 24.3 Å². The van der Waals surface area contributed by atoms with E-state index < -0.39 is 10.8 Å². The van der Waals surface area contributed by atoms with Gasteiger partial charge < -0.3 is 14.1 Å². The Morgan fingerprint density at radius 2 is 1.92 bits per heavy atom. The summed E-state index contributed by atoms with van der Waals surface area (Å²) in [6.07, 6.45) is 0.838. The average Bonchev–Trinajstić information content (AvgIpc) is 3.04. The van der Waals surface area contributed by atoms with E-state index in [-0.39, 0.29) is 11.7 Å². The molecule has 8 heteroatoms. The molecule has 1 amide bonds. The molecule has 2 heterocycles. The number of benzene rings is 1. The van der Waals surface area contributed by atoms with Gasteiger partial charge in [-0.25, -0.2) is 0 Å². The third-order valence-corrected chi connectivity index (χ3v) is 4.42. The van der Waals surface area contributed by atoms with Crippen LogP contribution in [-0.2, 0) is 6.54 Å². The summed E-state index contributed by atoms with van der Waals surface area (Å²) in [6, 6.07) is 10.5. The van der Waals surface area contributed by atoms with Gasteiger partial charge in [0.25, 0.3) is 5.91 Å². The van der Waals surface area contributed by atoms with Gasteiger partial charge in [-0.3, -0.25) is 19.8 Å². The molecule has 1 aliphatic rings. The Hall–Kier alpha value is -2.87. The minimum Gasteiger partial charge on any atom is -0.497 e. The predicted octanol–water partition coefficient (Wildman–Crippen LogP) is 2.54. The number of carbonyl (C=O) groups excluding carboxylic acids is 1. The van der Waals surface area contributed by atoms with Crippen molar-refractivity contribution in [1.82, 2.24) is 9.80 Å². The zero-order chi connectivity index (χ0) is 18.5. The highest BCUT2D eigenvalue weighted by Gasteiger charge is 2.24. The second-order valence-electron chi connectivity index (χ2n) is 6.16. The molecule has 0 unspecified atom stereocenters. The van der Waals surface area contributed by atoms with E-state index >= 15 is 0 Å². The summed E-state index contributed by atoms with van der Waals surface area (Å²) in [5.41, 5.74) is 1.19. The highest BCUT2D eigenvalue weighted by Crippen LogP contribution is 2.19. The van der Waals surface area contributed by atoms with Crippen LogP contribution in [0, 0.1) is 10.1 Å². The normalized spacial score (nSPS) is 15.5. The van der Waals surface area contributed by atoms with Gasteiger partial charge in [0.2, 0.25) is 0 Å². The number of nitrogens with zero attached hydrogens (tertiary/aromatic N) is 3. The lowest BCUT2D eigenvalue weighted by Crippen LogP contribution is -2.34. The van der Waals surface area contributed by atoms with Crippen LogP contribution in [0.25, 0.3) is 0 Å². The van der Waals surface area contributed by atoms with Gasteiger partial charge in [-0.2, -0.15) is 0 Å². The Kier molecular flexibility index (Phi) is 5.52. The summed E-state index contributed by atoms with van der Waals surface area (Å²) in [5.74, 6) is 0.128. The Morgan fingerprint density at radius 1 is 1.15 bits per heavy atom. The number of carbonyl (C=O) groups is 1. The average molecular weight is 359 g/mol. The summed E-state index contributed by atoms with van der Waals surface area (Å²) < 4.78 is 10.2. The maximum atomic E-state index is 12.5. The molecule has 1 aromatic carbocycles. The molecule has 138 valence electrons. The molecule has 0 aliphatic carbocycles. The van der Waals surface area contributed by atoms with Crippen molar-refractivity contribution in [2.75, 3.05) is 33.3 Å². The molecule has 1 aliphatic heterocycles. The van der Waals surface area contributed by atoms with Gasteiger partial charge in [0, 0.05) is 32.7 Å². The Morgan fingerprint density at radius 3 is 2.58 bits per heavy atom. The van der Waals surface area contributed by atoms with Crippen molar-refractivity contribution in [1.29, 1.82) is 0 Å². The van der Waals surface area contributed by atoms with Crippen molar-refractivity contribution in [2.45, 2.75) is 13.0 Å². The van der Waals surface area contributed by atoms with Crippen LogP contribution in [0.3, 0.4) is 0 Å². The molecule has 0 saturated carbocycles. The summed E-state index contributed by atoms with van der Waals surface area (Å²) in [7, 11) is 1.64. The van der Waals surface area contributed by atoms with Gasteiger partial charge in [0.05, 0.1) is 13.2 Å². The molecule has 0 N–H and O–H groups in total. The van der Waals surface area contributed by atoms with Crippen LogP contribution in [0.15, 0.2) is 40.8 Å². The SMILES string of the molecule is COc1ccc(CN2CCCN(C(=O)c3ccc([N+](=O)[O-])o3)CC2)cc1. The van der Waals surface area contributed by atoms with Gasteiger partial charge >= 0.3 is 5.88 Å². The van der Waals surface area contributed by atoms with E-state index in [1.165, 1.54) is 17.7 Å². The Bertz CT molecular complexity index is 771. The lowest BCUT2D eigenvalue weighted by Gasteiger charge is -2.21. The number of rotatable bonds is 5. The lowest BCUT2D eigenvalue weighted by molar-refractivity contribution is -0.402. The number of methoxy groups -OCH3 is 1. The van der Waals surface area contributed by atoms with Crippen LogP contribution in [0.4, 0.5) is 5.88 Å². The first-order valence-corrected chi connectivity index (χ1v) is 8.45. The molecule has 3 rings (SSSR count). The highest BCUT2D eigenvalue weighted by molar-refractivity contribution is 5.91. The largest absolute Gasteiger partial charge is 0.497 e. The molecular formula is C18H21N3O5. The van der Waals surface area contributed by atoms with E-state index in [0.29, 0.717) is 13.1 Å². The van der Waals surface area contributed by atoms with Crippen molar-refractivity contribution >= 4 is 11.8 Å². The molecule has 0 spiro atoms. The first kappa shape index (κ1) is 17.9. The fourth-order valence-electron chi connectivity index (χ4n) is 3.02. The topological polar surface area (TPSA) is 89.1 Å². The van der Waals surface area contributed by atoms with Gasteiger partial charge in [-0.05, 0) is 30.2 Å². The van der Waals surface area contributed by atoms with E-state index in [1.54, 1.807) is 12.0 Å². The summed E-state index contributed by atoms with van der Waals surface area (Å²) in [6.45, 7) is 3.59. The number of furan rings is 1. The Balaban J connectivity index is 1.58. The second-order valence-corrected chi connectivity index (χ2v) is 6.16. The molecule has 0 radical (unpaired) electrons. The number of hydrogen-bond acceptors (Lipinski definition) is 6. The van der Waals surface area contributed by atoms with Crippen molar-refractivity contribution in [3.63, 3.8) is 0 Å². The molecular weight excluding hydrogens is 338 g/mol. The fourth-order valence-corrected chi connectivity index (χ4v) is 3.02. The number of ether oxygens (including phenoxy) is 1. The maximum absolute atomic E-state index is 12.5. The molecule has 0 atom stereocenters. The number of nitro groups is 1.